The van der Waals surface area contributed by atoms with Crippen LogP contribution in [0.5, 0.6) is 0 Å². The normalized spacial score (nSPS) is 35.8. The van der Waals surface area contributed by atoms with E-state index >= 15 is 0 Å². The van der Waals surface area contributed by atoms with Gasteiger partial charge in [-0.1, -0.05) is 6.92 Å². The van der Waals surface area contributed by atoms with E-state index in [1.165, 1.54) is 45.2 Å². The van der Waals surface area contributed by atoms with E-state index in [1.54, 1.807) is 0 Å². The van der Waals surface area contributed by atoms with Crippen molar-refractivity contribution >= 4 is 0 Å². The van der Waals surface area contributed by atoms with Gasteiger partial charge < -0.3 is 10.1 Å². The van der Waals surface area contributed by atoms with Crippen LogP contribution in [-0.4, -0.2) is 25.8 Å². The van der Waals surface area contributed by atoms with Crippen LogP contribution >= 0.6 is 0 Å². The molecule has 2 saturated heterocycles. The zero-order chi connectivity index (χ0) is 9.80. The number of hydrogen-bond donors (Lipinski definition) is 1. The van der Waals surface area contributed by atoms with Crippen molar-refractivity contribution in [2.45, 2.75) is 45.1 Å². The highest BCUT2D eigenvalue weighted by Gasteiger charge is 2.23. The Kier molecular flexibility index (Phi) is 3.82. The predicted octanol–water partition coefficient (Wildman–Crippen LogP) is 2.19. The molecule has 0 aromatic rings. The number of ether oxygens (including phenoxy) is 1. The van der Waals surface area contributed by atoms with Gasteiger partial charge in [0.25, 0.3) is 0 Å². The van der Waals surface area contributed by atoms with Crippen molar-refractivity contribution in [1.29, 1.82) is 0 Å². The van der Waals surface area contributed by atoms with Crippen molar-refractivity contribution < 1.29 is 4.74 Å². The Labute approximate surface area is 87.4 Å². The summed E-state index contributed by atoms with van der Waals surface area (Å²) in [6.45, 7) is 5.79. The summed E-state index contributed by atoms with van der Waals surface area (Å²) in [4.78, 5) is 0. The van der Waals surface area contributed by atoms with Crippen molar-refractivity contribution in [2.75, 3.05) is 19.7 Å². The first-order valence-corrected chi connectivity index (χ1v) is 6.17. The molecule has 2 aliphatic heterocycles. The van der Waals surface area contributed by atoms with Gasteiger partial charge in [0.1, 0.15) is 0 Å². The van der Waals surface area contributed by atoms with Gasteiger partial charge in [-0.25, -0.2) is 0 Å². The maximum absolute atomic E-state index is 5.83. The van der Waals surface area contributed by atoms with Gasteiger partial charge in [0.05, 0.1) is 6.10 Å². The zero-order valence-electron chi connectivity index (χ0n) is 9.30. The smallest absolute Gasteiger partial charge is 0.0580 e. The van der Waals surface area contributed by atoms with Crippen molar-refractivity contribution in [1.82, 2.24) is 5.32 Å². The van der Waals surface area contributed by atoms with Crippen LogP contribution in [0.15, 0.2) is 0 Å². The molecule has 2 heteroatoms. The Balaban J connectivity index is 1.72. The molecule has 2 rings (SSSR count). The van der Waals surface area contributed by atoms with E-state index in [0.29, 0.717) is 6.10 Å². The molecule has 14 heavy (non-hydrogen) atoms. The molecular formula is C12H23NO. The molecule has 2 heterocycles. The third-order valence-electron chi connectivity index (χ3n) is 3.68. The average molecular weight is 197 g/mol. The van der Waals surface area contributed by atoms with Crippen molar-refractivity contribution in [3.05, 3.63) is 0 Å². The van der Waals surface area contributed by atoms with E-state index in [4.69, 9.17) is 4.74 Å². The third-order valence-corrected chi connectivity index (χ3v) is 3.68. The van der Waals surface area contributed by atoms with Gasteiger partial charge in [0.2, 0.25) is 0 Å². The van der Waals surface area contributed by atoms with Gasteiger partial charge in [0, 0.05) is 6.61 Å². The van der Waals surface area contributed by atoms with E-state index in [1.807, 2.05) is 0 Å². The minimum absolute atomic E-state index is 0.571. The number of rotatable bonds is 2. The predicted molar refractivity (Wildman–Crippen MR) is 58.3 cm³/mol. The summed E-state index contributed by atoms with van der Waals surface area (Å²) in [6, 6.07) is 0. The third kappa shape index (κ3) is 2.96. The van der Waals surface area contributed by atoms with Crippen LogP contribution in [0.2, 0.25) is 0 Å². The second-order valence-electron chi connectivity index (χ2n) is 5.05. The largest absolute Gasteiger partial charge is 0.378 e. The monoisotopic (exact) mass is 197 g/mol. The van der Waals surface area contributed by atoms with Crippen LogP contribution < -0.4 is 5.32 Å². The lowest BCUT2D eigenvalue weighted by Crippen LogP contribution is -2.32. The lowest BCUT2D eigenvalue weighted by atomic mass is 9.87. The summed E-state index contributed by atoms with van der Waals surface area (Å²) >= 11 is 0. The van der Waals surface area contributed by atoms with Crippen LogP contribution in [0.3, 0.4) is 0 Å². The average Bonchev–Trinajstić information content (AvgIpc) is 2.19. The molecule has 2 fully saturated rings. The van der Waals surface area contributed by atoms with Crippen LogP contribution in [0.25, 0.3) is 0 Å². The van der Waals surface area contributed by atoms with Gasteiger partial charge in [0.15, 0.2) is 0 Å². The SMILES string of the molecule is C[C@H]1CCOC(CC2CCNCC2)C1. The number of piperidine rings is 1. The summed E-state index contributed by atoms with van der Waals surface area (Å²) in [5, 5.41) is 3.42. The highest BCUT2D eigenvalue weighted by molar-refractivity contribution is 4.76. The number of nitrogens with one attached hydrogen (secondary N) is 1. The topological polar surface area (TPSA) is 21.3 Å². The fraction of sp³-hybridized carbons (Fsp3) is 1.00. The second kappa shape index (κ2) is 5.13. The fourth-order valence-corrected chi connectivity index (χ4v) is 2.72. The zero-order valence-corrected chi connectivity index (χ0v) is 9.30. The minimum atomic E-state index is 0.571. The maximum atomic E-state index is 5.83. The molecule has 2 aliphatic rings. The summed E-state index contributed by atoms with van der Waals surface area (Å²) in [6.07, 6.45) is 7.16. The van der Waals surface area contributed by atoms with Gasteiger partial charge in [-0.15, -0.1) is 0 Å². The Morgan fingerprint density at radius 3 is 2.71 bits per heavy atom. The van der Waals surface area contributed by atoms with E-state index in [-0.39, 0.29) is 0 Å². The lowest BCUT2D eigenvalue weighted by Gasteiger charge is -2.31. The molecular weight excluding hydrogens is 174 g/mol. The molecule has 0 aromatic carbocycles. The summed E-state index contributed by atoms with van der Waals surface area (Å²) in [5.74, 6) is 1.81. The Bertz CT molecular complexity index is 166. The van der Waals surface area contributed by atoms with Crippen molar-refractivity contribution in [3.8, 4) is 0 Å². The molecule has 0 aliphatic carbocycles. The molecule has 0 radical (unpaired) electrons. The quantitative estimate of drug-likeness (QED) is 0.732. The molecule has 0 amide bonds. The molecule has 2 nitrogen and oxygen atoms in total. The van der Waals surface area contributed by atoms with Gasteiger partial charge in [-0.05, 0) is 57.0 Å². The summed E-state index contributed by atoms with van der Waals surface area (Å²) in [5.41, 5.74) is 0. The van der Waals surface area contributed by atoms with E-state index in [9.17, 15) is 0 Å². The van der Waals surface area contributed by atoms with Crippen LogP contribution in [0, 0.1) is 11.8 Å². The Morgan fingerprint density at radius 1 is 1.21 bits per heavy atom. The maximum Gasteiger partial charge on any atom is 0.0580 e. The lowest BCUT2D eigenvalue weighted by molar-refractivity contribution is -0.0201. The fourth-order valence-electron chi connectivity index (χ4n) is 2.72. The molecule has 0 bridgehead atoms. The summed E-state index contributed by atoms with van der Waals surface area (Å²) in [7, 11) is 0. The first-order chi connectivity index (χ1) is 6.84. The van der Waals surface area contributed by atoms with Crippen molar-refractivity contribution in [2.24, 2.45) is 11.8 Å². The Morgan fingerprint density at radius 2 is 2.00 bits per heavy atom. The van der Waals surface area contributed by atoms with E-state index in [2.05, 4.69) is 12.2 Å². The van der Waals surface area contributed by atoms with Gasteiger partial charge in [-0.2, -0.15) is 0 Å². The molecule has 1 N–H and O–H groups in total. The van der Waals surface area contributed by atoms with Crippen molar-refractivity contribution in [3.63, 3.8) is 0 Å². The molecule has 0 spiro atoms. The molecule has 0 saturated carbocycles. The molecule has 82 valence electrons. The minimum Gasteiger partial charge on any atom is -0.378 e. The van der Waals surface area contributed by atoms with E-state index in [0.717, 1.165) is 18.4 Å². The first kappa shape index (κ1) is 10.4. The van der Waals surface area contributed by atoms with Crippen LogP contribution in [0.1, 0.15) is 39.0 Å². The molecule has 2 atom stereocenters. The summed E-state index contributed by atoms with van der Waals surface area (Å²) < 4.78 is 5.83. The molecule has 0 aromatic heterocycles. The van der Waals surface area contributed by atoms with Gasteiger partial charge in [-0.3, -0.25) is 0 Å². The van der Waals surface area contributed by atoms with Crippen LogP contribution in [-0.2, 0) is 4.74 Å². The first-order valence-electron chi connectivity index (χ1n) is 6.17. The molecule has 1 unspecified atom stereocenters. The Hall–Kier alpha value is -0.0800. The standard InChI is InChI=1S/C12H23NO/c1-10-4-7-14-12(8-10)9-11-2-5-13-6-3-11/h10-13H,2-9H2,1H3/t10-,12?/m0/s1. The van der Waals surface area contributed by atoms with E-state index < -0.39 is 0 Å². The van der Waals surface area contributed by atoms with Gasteiger partial charge >= 0.3 is 0 Å². The highest BCUT2D eigenvalue weighted by Crippen LogP contribution is 2.27. The second-order valence-corrected chi connectivity index (χ2v) is 5.05. The highest BCUT2D eigenvalue weighted by atomic mass is 16.5. The number of hydrogen-bond acceptors (Lipinski definition) is 2. The van der Waals surface area contributed by atoms with Crippen LogP contribution in [0.4, 0.5) is 0 Å².